The zero-order valence-corrected chi connectivity index (χ0v) is 20.8. The molecule has 180 valence electrons. The average molecular weight is 501 g/mol. The van der Waals surface area contributed by atoms with E-state index in [0.29, 0.717) is 35.1 Å². The molecule has 3 aromatic rings. The third-order valence-corrected chi connectivity index (χ3v) is 6.96. The first-order valence-electron chi connectivity index (χ1n) is 10.8. The molecule has 0 aromatic heterocycles. The fourth-order valence-electron chi connectivity index (χ4n) is 3.52. The van der Waals surface area contributed by atoms with Crippen LogP contribution in [0.1, 0.15) is 16.7 Å². The first-order chi connectivity index (χ1) is 16.3. The zero-order chi connectivity index (χ0) is 24.6. The summed E-state index contributed by atoms with van der Waals surface area (Å²) < 4.78 is 34.4. The van der Waals surface area contributed by atoms with Crippen LogP contribution in [0.15, 0.2) is 77.7 Å². The predicted molar refractivity (Wildman–Crippen MR) is 138 cm³/mol. The molecule has 0 amide bonds. The maximum Gasteiger partial charge on any atom is 0.262 e. The van der Waals surface area contributed by atoms with E-state index in [1.54, 1.807) is 24.3 Å². The Morgan fingerprint density at radius 3 is 2.50 bits per heavy atom. The highest BCUT2D eigenvalue weighted by Crippen LogP contribution is 2.26. The van der Waals surface area contributed by atoms with E-state index in [9.17, 15) is 13.5 Å². The van der Waals surface area contributed by atoms with Gasteiger partial charge >= 0.3 is 0 Å². The Hall–Kier alpha value is -2.84. The minimum atomic E-state index is -3.87. The van der Waals surface area contributed by atoms with Gasteiger partial charge in [0.25, 0.3) is 10.0 Å². The molecule has 6 nitrogen and oxygen atoms in total. The number of likely N-dealkylation sites (N-methyl/N-ethyl adjacent to an activating group) is 1. The maximum absolute atomic E-state index is 13.2. The van der Waals surface area contributed by atoms with Gasteiger partial charge in [-0.3, -0.25) is 9.62 Å². The fraction of sp³-hybridized carbons (Fsp3) is 0.231. The second-order valence-corrected chi connectivity index (χ2v) is 9.95. The lowest BCUT2D eigenvalue weighted by Gasteiger charge is -2.19. The number of nitrogens with one attached hydrogen (secondary N) is 1. The third kappa shape index (κ3) is 7.08. The highest BCUT2D eigenvalue weighted by Gasteiger charge is 2.20. The molecule has 8 heteroatoms. The Balaban J connectivity index is 1.74. The second-order valence-electron chi connectivity index (χ2n) is 7.86. The molecule has 0 bridgehead atoms. The van der Waals surface area contributed by atoms with Crippen molar-refractivity contribution in [1.82, 2.24) is 4.90 Å². The van der Waals surface area contributed by atoms with Crippen LogP contribution in [0.2, 0.25) is 5.02 Å². The number of aliphatic hydroxyl groups excluding tert-OH is 1. The third-order valence-electron chi connectivity index (χ3n) is 5.24. The minimum Gasteiger partial charge on any atom is -0.497 e. The zero-order valence-electron chi connectivity index (χ0n) is 19.2. The summed E-state index contributed by atoms with van der Waals surface area (Å²) in [5.74, 6) is 0.538. The van der Waals surface area contributed by atoms with Crippen molar-refractivity contribution < 1.29 is 18.3 Å². The van der Waals surface area contributed by atoms with Crippen LogP contribution in [0.3, 0.4) is 0 Å². The number of nitrogens with zero attached hydrogens (tertiary/aromatic N) is 1. The molecule has 3 rings (SSSR count). The lowest BCUT2D eigenvalue weighted by molar-refractivity contribution is 0.298. The van der Waals surface area contributed by atoms with Crippen molar-refractivity contribution in [3.8, 4) is 5.75 Å². The van der Waals surface area contributed by atoms with Gasteiger partial charge in [0.1, 0.15) is 5.75 Å². The van der Waals surface area contributed by atoms with Gasteiger partial charge in [0.15, 0.2) is 0 Å². The van der Waals surface area contributed by atoms with Crippen LogP contribution < -0.4 is 9.46 Å². The van der Waals surface area contributed by atoms with Gasteiger partial charge in [0.05, 0.1) is 17.7 Å². The van der Waals surface area contributed by atoms with E-state index in [2.05, 4.69) is 15.7 Å². The van der Waals surface area contributed by atoms with E-state index >= 15 is 0 Å². The molecule has 34 heavy (non-hydrogen) atoms. The topological polar surface area (TPSA) is 78.9 Å². The van der Waals surface area contributed by atoms with Crippen LogP contribution in [0, 0.1) is 0 Å². The van der Waals surface area contributed by atoms with Crippen molar-refractivity contribution in [3.63, 3.8) is 0 Å². The number of hydrogen-bond acceptors (Lipinski definition) is 5. The van der Waals surface area contributed by atoms with Crippen LogP contribution in [0.25, 0.3) is 6.08 Å². The maximum atomic E-state index is 13.2. The molecular formula is C26H29ClN2O4S. The number of hydrogen-bond donors (Lipinski definition) is 2. The summed E-state index contributed by atoms with van der Waals surface area (Å²) in [6.07, 6.45) is 4.28. The molecule has 0 fully saturated rings. The summed E-state index contributed by atoms with van der Waals surface area (Å²) >= 11 is 5.93. The quantitative estimate of drug-likeness (QED) is 0.394. The van der Waals surface area contributed by atoms with Gasteiger partial charge in [0, 0.05) is 24.7 Å². The number of rotatable bonds is 11. The lowest BCUT2D eigenvalue weighted by atomic mass is 10.1. The minimum absolute atomic E-state index is 0.122. The average Bonchev–Trinajstić information content (AvgIpc) is 2.81. The van der Waals surface area contributed by atoms with E-state index in [1.165, 1.54) is 13.2 Å². The highest BCUT2D eigenvalue weighted by molar-refractivity contribution is 7.92. The second kappa shape index (κ2) is 12.0. The number of anilines is 1. The molecule has 0 saturated heterocycles. The van der Waals surface area contributed by atoms with Crippen LogP contribution in [0.4, 0.5) is 5.69 Å². The van der Waals surface area contributed by atoms with Crippen molar-refractivity contribution >= 4 is 33.4 Å². The summed E-state index contributed by atoms with van der Waals surface area (Å²) in [6.45, 7) is 1.07. The summed E-state index contributed by atoms with van der Waals surface area (Å²) in [6, 6.07) is 19.7. The Morgan fingerprint density at radius 1 is 1.06 bits per heavy atom. The molecule has 0 aliphatic rings. The standard InChI is InChI=1S/C26H29ClN2O4S/c1-29(16-5-6-20-9-11-23(27)12-10-20)19-22-7-3-4-8-25(22)28-34(31,32)26-14-13-24(33-2)18-21(26)15-17-30/h3-14,18,28,30H,15-17,19H2,1-2H3/b6-5+. The van der Waals surface area contributed by atoms with Crippen LogP contribution in [-0.4, -0.2) is 45.7 Å². The van der Waals surface area contributed by atoms with Crippen molar-refractivity contribution in [2.24, 2.45) is 0 Å². The number of aliphatic hydroxyl groups is 1. The molecule has 2 N–H and O–H groups in total. The summed E-state index contributed by atoms with van der Waals surface area (Å²) in [5.41, 5.74) is 2.92. The Morgan fingerprint density at radius 2 is 1.79 bits per heavy atom. The molecular weight excluding hydrogens is 472 g/mol. The van der Waals surface area contributed by atoms with Crippen molar-refractivity contribution in [2.75, 3.05) is 32.0 Å². The van der Waals surface area contributed by atoms with Gasteiger partial charge in [-0.25, -0.2) is 8.42 Å². The van der Waals surface area contributed by atoms with Crippen LogP contribution in [-0.2, 0) is 23.0 Å². The number of para-hydroxylation sites is 1. The number of methoxy groups -OCH3 is 1. The monoisotopic (exact) mass is 500 g/mol. The molecule has 0 spiro atoms. The molecule has 0 atom stereocenters. The number of halogens is 1. The largest absolute Gasteiger partial charge is 0.497 e. The van der Waals surface area contributed by atoms with Gasteiger partial charge in [-0.1, -0.05) is 54.1 Å². The van der Waals surface area contributed by atoms with Crippen molar-refractivity contribution in [2.45, 2.75) is 17.9 Å². The molecule has 0 aliphatic carbocycles. The Kier molecular flexibility index (Phi) is 9.12. The highest BCUT2D eigenvalue weighted by atomic mass is 35.5. The fourth-order valence-corrected chi connectivity index (χ4v) is 4.99. The Labute approximate surface area is 206 Å². The summed E-state index contributed by atoms with van der Waals surface area (Å²) in [7, 11) is -0.378. The van der Waals surface area contributed by atoms with Gasteiger partial charge in [-0.2, -0.15) is 0 Å². The number of sulfonamides is 1. The van der Waals surface area contributed by atoms with Gasteiger partial charge in [-0.15, -0.1) is 0 Å². The lowest BCUT2D eigenvalue weighted by Crippen LogP contribution is -2.21. The molecule has 0 heterocycles. The van der Waals surface area contributed by atoms with Gasteiger partial charge in [0.2, 0.25) is 0 Å². The molecule has 0 unspecified atom stereocenters. The van der Waals surface area contributed by atoms with E-state index in [4.69, 9.17) is 16.3 Å². The Bertz CT molecular complexity index is 1230. The molecule has 0 radical (unpaired) electrons. The summed E-state index contributed by atoms with van der Waals surface area (Å²) in [4.78, 5) is 2.21. The van der Waals surface area contributed by atoms with E-state index < -0.39 is 10.0 Å². The predicted octanol–water partition coefficient (Wildman–Crippen LogP) is 4.83. The van der Waals surface area contributed by atoms with Crippen LogP contribution >= 0.6 is 11.6 Å². The smallest absolute Gasteiger partial charge is 0.262 e. The number of ether oxygens (including phenoxy) is 1. The van der Waals surface area contributed by atoms with Gasteiger partial charge < -0.3 is 9.84 Å². The molecule has 0 saturated carbocycles. The van der Waals surface area contributed by atoms with Crippen molar-refractivity contribution in [1.29, 1.82) is 0 Å². The van der Waals surface area contributed by atoms with Crippen molar-refractivity contribution in [3.05, 3.63) is 94.5 Å². The normalized spacial score (nSPS) is 11.8. The first-order valence-corrected chi connectivity index (χ1v) is 12.7. The van der Waals surface area contributed by atoms with E-state index in [1.807, 2.05) is 49.5 Å². The summed E-state index contributed by atoms with van der Waals surface area (Å²) in [5, 5.41) is 10.1. The van der Waals surface area contributed by atoms with E-state index in [-0.39, 0.29) is 17.9 Å². The van der Waals surface area contributed by atoms with Gasteiger partial charge in [-0.05, 0) is 66.6 Å². The SMILES string of the molecule is COc1ccc(S(=O)(=O)Nc2ccccc2CN(C)C/C=C/c2ccc(Cl)cc2)c(CCO)c1. The molecule has 3 aromatic carbocycles. The first kappa shape index (κ1) is 25.8. The number of benzene rings is 3. The molecule has 0 aliphatic heterocycles. The van der Waals surface area contributed by atoms with E-state index in [0.717, 1.165) is 11.1 Å². The van der Waals surface area contributed by atoms with Crippen LogP contribution in [0.5, 0.6) is 5.75 Å².